The molecule has 1 fully saturated rings. The van der Waals surface area contributed by atoms with Crippen molar-refractivity contribution in [3.05, 3.63) is 47.4 Å². The molecule has 2 aliphatic rings. The predicted octanol–water partition coefficient (Wildman–Crippen LogP) is 3.67. The SMILES string of the molecule is CCc1ccc(CN2CCC[C@H](C(=O)c3ccc4c(c3)OCO4)C2)o1. The first-order valence-corrected chi connectivity index (χ1v) is 8.96. The monoisotopic (exact) mass is 341 g/mol. The Balaban J connectivity index is 1.42. The number of nitrogens with zero attached hydrogens (tertiary/aromatic N) is 1. The lowest BCUT2D eigenvalue weighted by Crippen LogP contribution is -2.38. The van der Waals surface area contributed by atoms with E-state index in [1.165, 1.54) is 0 Å². The standard InChI is InChI=1S/C20H23NO4/c1-2-16-6-7-17(25-16)12-21-9-3-4-15(11-21)20(22)14-5-8-18-19(10-14)24-13-23-18/h5-8,10,15H,2-4,9,11-13H2,1H3/t15-/m0/s1. The highest BCUT2D eigenvalue weighted by atomic mass is 16.7. The number of fused-ring (bicyclic) bond motifs is 1. The number of aryl methyl sites for hydroxylation is 1. The number of carbonyl (C=O) groups excluding carboxylic acids is 1. The molecule has 4 rings (SSSR count). The van der Waals surface area contributed by atoms with Crippen LogP contribution in [0.2, 0.25) is 0 Å². The third kappa shape index (κ3) is 3.42. The van der Waals surface area contributed by atoms with Gasteiger partial charge in [0.25, 0.3) is 0 Å². The van der Waals surface area contributed by atoms with Crippen LogP contribution in [0.15, 0.2) is 34.7 Å². The van der Waals surface area contributed by atoms with Gasteiger partial charge in [0.05, 0.1) is 6.54 Å². The Kier molecular flexibility index (Phi) is 4.49. The Morgan fingerprint density at radius 1 is 1.16 bits per heavy atom. The van der Waals surface area contributed by atoms with Crippen molar-refractivity contribution in [2.24, 2.45) is 5.92 Å². The summed E-state index contributed by atoms with van der Waals surface area (Å²) < 4.78 is 16.5. The molecule has 2 aromatic rings. The van der Waals surface area contributed by atoms with Crippen LogP contribution >= 0.6 is 0 Å². The second-order valence-electron chi connectivity index (χ2n) is 6.73. The third-order valence-electron chi connectivity index (χ3n) is 4.98. The average Bonchev–Trinajstić information content (AvgIpc) is 3.29. The van der Waals surface area contributed by atoms with Crippen LogP contribution in [-0.4, -0.2) is 30.6 Å². The van der Waals surface area contributed by atoms with Gasteiger partial charge in [-0.3, -0.25) is 9.69 Å². The van der Waals surface area contributed by atoms with Crippen molar-refractivity contribution in [1.82, 2.24) is 4.90 Å². The van der Waals surface area contributed by atoms with Gasteiger partial charge in [0.15, 0.2) is 17.3 Å². The maximum absolute atomic E-state index is 12.9. The van der Waals surface area contributed by atoms with Crippen molar-refractivity contribution in [2.75, 3.05) is 19.9 Å². The summed E-state index contributed by atoms with van der Waals surface area (Å²) in [7, 11) is 0. The van der Waals surface area contributed by atoms with Crippen molar-refractivity contribution in [1.29, 1.82) is 0 Å². The van der Waals surface area contributed by atoms with Gasteiger partial charge in [-0.15, -0.1) is 0 Å². The molecule has 1 aromatic carbocycles. The fraction of sp³-hybridized carbons (Fsp3) is 0.450. The average molecular weight is 341 g/mol. The zero-order chi connectivity index (χ0) is 17.2. The van der Waals surface area contributed by atoms with Gasteiger partial charge in [0.1, 0.15) is 11.5 Å². The molecular formula is C20H23NO4. The van der Waals surface area contributed by atoms with Crippen LogP contribution in [0.3, 0.4) is 0 Å². The molecular weight excluding hydrogens is 318 g/mol. The van der Waals surface area contributed by atoms with E-state index in [9.17, 15) is 4.79 Å². The molecule has 1 atom stereocenters. The number of Topliss-reactive ketones (excluding diaryl/α,β-unsaturated/α-hetero) is 1. The number of hydrogen-bond donors (Lipinski definition) is 0. The molecule has 3 heterocycles. The molecule has 25 heavy (non-hydrogen) atoms. The minimum Gasteiger partial charge on any atom is -0.465 e. The number of hydrogen-bond acceptors (Lipinski definition) is 5. The summed E-state index contributed by atoms with van der Waals surface area (Å²) in [6, 6.07) is 9.56. The van der Waals surface area contributed by atoms with E-state index in [0.29, 0.717) is 17.1 Å². The van der Waals surface area contributed by atoms with Gasteiger partial charge in [-0.05, 0) is 49.7 Å². The highest BCUT2D eigenvalue weighted by Crippen LogP contribution is 2.34. The quantitative estimate of drug-likeness (QED) is 0.777. The first-order chi connectivity index (χ1) is 12.2. The minimum absolute atomic E-state index is 0.0229. The summed E-state index contributed by atoms with van der Waals surface area (Å²) >= 11 is 0. The predicted molar refractivity (Wildman–Crippen MR) is 93.0 cm³/mol. The Morgan fingerprint density at radius 3 is 2.84 bits per heavy atom. The Morgan fingerprint density at radius 2 is 2.00 bits per heavy atom. The lowest BCUT2D eigenvalue weighted by molar-refractivity contribution is 0.0802. The summed E-state index contributed by atoms with van der Waals surface area (Å²) in [5.41, 5.74) is 0.711. The highest BCUT2D eigenvalue weighted by Gasteiger charge is 2.28. The zero-order valence-electron chi connectivity index (χ0n) is 14.5. The van der Waals surface area contributed by atoms with Crippen LogP contribution in [0.1, 0.15) is 41.6 Å². The number of rotatable bonds is 5. The summed E-state index contributed by atoms with van der Waals surface area (Å²) in [5.74, 6) is 3.59. The van der Waals surface area contributed by atoms with E-state index in [-0.39, 0.29) is 18.5 Å². The van der Waals surface area contributed by atoms with Gasteiger partial charge in [-0.1, -0.05) is 6.92 Å². The number of carbonyl (C=O) groups is 1. The molecule has 1 aromatic heterocycles. The molecule has 0 bridgehead atoms. The number of ketones is 1. The maximum Gasteiger partial charge on any atom is 0.231 e. The molecule has 5 heteroatoms. The lowest BCUT2D eigenvalue weighted by atomic mass is 9.90. The number of ether oxygens (including phenoxy) is 2. The molecule has 0 amide bonds. The van der Waals surface area contributed by atoms with E-state index in [0.717, 1.165) is 50.4 Å². The number of likely N-dealkylation sites (tertiary alicyclic amines) is 1. The largest absolute Gasteiger partial charge is 0.465 e. The molecule has 0 N–H and O–H groups in total. The summed E-state index contributed by atoms with van der Waals surface area (Å²) in [6.45, 7) is 4.87. The van der Waals surface area contributed by atoms with Gasteiger partial charge in [0, 0.05) is 24.4 Å². The Bertz CT molecular complexity index is 767. The molecule has 0 unspecified atom stereocenters. The van der Waals surface area contributed by atoms with Crippen molar-refractivity contribution in [3.8, 4) is 11.5 Å². The van der Waals surface area contributed by atoms with Crippen LogP contribution < -0.4 is 9.47 Å². The van der Waals surface area contributed by atoms with Gasteiger partial charge < -0.3 is 13.9 Å². The maximum atomic E-state index is 12.9. The molecule has 0 aliphatic carbocycles. The van der Waals surface area contributed by atoms with Crippen LogP contribution in [0, 0.1) is 5.92 Å². The first-order valence-electron chi connectivity index (χ1n) is 8.96. The van der Waals surface area contributed by atoms with Gasteiger partial charge in [-0.25, -0.2) is 0 Å². The van der Waals surface area contributed by atoms with Crippen molar-refractivity contribution in [2.45, 2.75) is 32.7 Å². The first kappa shape index (κ1) is 16.2. The lowest BCUT2D eigenvalue weighted by Gasteiger charge is -2.31. The van der Waals surface area contributed by atoms with Crippen molar-refractivity contribution >= 4 is 5.78 Å². The van der Waals surface area contributed by atoms with E-state index >= 15 is 0 Å². The van der Waals surface area contributed by atoms with E-state index in [2.05, 4.69) is 11.8 Å². The summed E-state index contributed by atoms with van der Waals surface area (Å²) in [6.07, 6.45) is 2.87. The third-order valence-corrected chi connectivity index (χ3v) is 4.98. The molecule has 1 saturated heterocycles. The minimum atomic E-state index is 0.0229. The zero-order valence-corrected chi connectivity index (χ0v) is 14.5. The molecule has 132 valence electrons. The fourth-order valence-electron chi connectivity index (χ4n) is 3.62. The van der Waals surface area contributed by atoms with Gasteiger partial charge in [-0.2, -0.15) is 0 Å². The van der Waals surface area contributed by atoms with E-state index in [1.54, 1.807) is 0 Å². The Hall–Kier alpha value is -2.27. The van der Waals surface area contributed by atoms with E-state index in [4.69, 9.17) is 13.9 Å². The van der Waals surface area contributed by atoms with Crippen LogP contribution in [-0.2, 0) is 13.0 Å². The second kappa shape index (κ2) is 6.92. The van der Waals surface area contributed by atoms with Crippen LogP contribution in [0.4, 0.5) is 0 Å². The number of piperidine rings is 1. The van der Waals surface area contributed by atoms with Crippen LogP contribution in [0.5, 0.6) is 11.5 Å². The van der Waals surface area contributed by atoms with E-state index in [1.807, 2.05) is 30.3 Å². The normalized spacial score (nSPS) is 20.0. The van der Waals surface area contributed by atoms with Crippen LogP contribution in [0.25, 0.3) is 0 Å². The number of benzene rings is 1. The number of furan rings is 1. The van der Waals surface area contributed by atoms with Crippen molar-refractivity contribution in [3.63, 3.8) is 0 Å². The van der Waals surface area contributed by atoms with Gasteiger partial charge in [0.2, 0.25) is 6.79 Å². The summed E-state index contributed by atoms with van der Waals surface area (Å²) in [4.78, 5) is 15.2. The Labute approximate surface area is 147 Å². The topological polar surface area (TPSA) is 51.9 Å². The second-order valence-corrected chi connectivity index (χ2v) is 6.73. The fourth-order valence-corrected chi connectivity index (χ4v) is 3.62. The van der Waals surface area contributed by atoms with Crippen molar-refractivity contribution < 1.29 is 18.7 Å². The van der Waals surface area contributed by atoms with Gasteiger partial charge >= 0.3 is 0 Å². The molecule has 0 spiro atoms. The molecule has 0 radical (unpaired) electrons. The molecule has 5 nitrogen and oxygen atoms in total. The van der Waals surface area contributed by atoms with E-state index < -0.39 is 0 Å². The summed E-state index contributed by atoms with van der Waals surface area (Å²) in [5, 5.41) is 0. The molecule has 2 aliphatic heterocycles. The highest BCUT2D eigenvalue weighted by molar-refractivity contribution is 5.98. The smallest absolute Gasteiger partial charge is 0.231 e. The molecule has 0 saturated carbocycles.